The first kappa shape index (κ1) is 18.7. The molecule has 1 atom stereocenters. The molecule has 1 heterocycles. The number of rotatable bonds is 6. The van der Waals surface area contributed by atoms with Crippen LogP contribution in [0.3, 0.4) is 0 Å². The van der Waals surface area contributed by atoms with Crippen molar-refractivity contribution in [3.05, 3.63) is 63.6 Å². The predicted octanol–water partition coefficient (Wildman–Crippen LogP) is 2.00. The Labute approximate surface area is 143 Å². The molecule has 0 saturated carbocycles. The van der Waals surface area contributed by atoms with E-state index in [2.05, 4.69) is 5.10 Å². The van der Waals surface area contributed by atoms with Crippen LogP contribution in [0.25, 0.3) is 0 Å². The van der Waals surface area contributed by atoms with Crippen molar-refractivity contribution in [2.75, 3.05) is 20.8 Å². The Kier molecular flexibility index (Phi) is 5.97. The van der Waals surface area contributed by atoms with Gasteiger partial charge in [0.2, 0.25) is 0 Å². The highest BCUT2D eigenvalue weighted by Gasteiger charge is 2.21. The SMILES string of the molecule is COCCn1nc(C(=O)N(C)C(C)c2ccc(F)c(F)c2)ccc1=O. The summed E-state index contributed by atoms with van der Waals surface area (Å²) in [6.07, 6.45) is 0. The molecule has 0 aliphatic heterocycles. The van der Waals surface area contributed by atoms with E-state index in [1.807, 2.05) is 0 Å². The lowest BCUT2D eigenvalue weighted by molar-refractivity contribution is 0.0732. The van der Waals surface area contributed by atoms with Crippen LogP contribution in [0.5, 0.6) is 0 Å². The molecule has 1 aromatic heterocycles. The van der Waals surface area contributed by atoms with Crippen LogP contribution in [-0.4, -0.2) is 41.4 Å². The van der Waals surface area contributed by atoms with Crippen LogP contribution in [0.2, 0.25) is 0 Å². The van der Waals surface area contributed by atoms with Gasteiger partial charge in [-0.05, 0) is 30.7 Å². The van der Waals surface area contributed by atoms with E-state index in [1.54, 1.807) is 6.92 Å². The molecule has 0 bridgehead atoms. The molecule has 1 aromatic carbocycles. The van der Waals surface area contributed by atoms with E-state index < -0.39 is 23.6 Å². The number of methoxy groups -OCH3 is 1. The van der Waals surface area contributed by atoms with Crippen LogP contribution in [-0.2, 0) is 11.3 Å². The second kappa shape index (κ2) is 7.98. The maximum Gasteiger partial charge on any atom is 0.274 e. The zero-order valence-corrected chi connectivity index (χ0v) is 14.2. The highest BCUT2D eigenvalue weighted by atomic mass is 19.2. The van der Waals surface area contributed by atoms with Gasteiger partial charge >= 0.3 is 0 Å². The molecule has 0 aliphatic carbocycles. The van der Waals surface area contributed by atoms with Gasteiger partial charge < -0.3 is 9.64 Å². The van der Waals surface area contributed by atoms with E-state index in [9.17, 15) is 18.4 Å². The second-order valence-corrected chi connectivity index (χ2v) is 5.54. The van der Waals surface area contributed by atoms with E-state index >= 15 is 0 Å². The number of amides is 1. The third kappa shape index (κ3) is 4.27. The van der Waals surface area contributed by atoms with Crippen molar-refractivity contribution in [1.29, 1.82) is 0 Å². The van der Waals surface area contributed by atoms with Crippen molar-refractivity contribution < 1.29 is 18.3 Å². The molecule has 0 aliphatic rings. The Bertz CT molecular complexity index is 823. The fraction of sp³-hybridized carbons (Fsp3) is 0.353. The molecule has 134 valence electrons. The highest BCUT2D eigenvalue weighted by Crippen LogP contribution is 2.22. The van der Waals surface area contributed by atoms with E-state index in [-0.39, 0.29) is 24.4 Å². The summed E-state index contributed by atoms with van der Waals surface area (Å²) >= 11 is 0. The zero-order chi connectivity index (χ0) is 18.6. The van der Waals surface area contributed by atoms with E-state index in [0.717, 1.165) is 16.8 Å². The number of nitrogens with zero attached hydrogens (tertiary/aromatic N) is 3. The molecule has 8 heteroatoms. The van der Waals surface area contributed by atoms with Crippen LogP contribution in [0.15, 0.2) is 35.1 Å². The van der Waals surface area contributed by atoms with Crippen LogP contribution >= 0.6 is 0 Å². The number of halogens is 2. The Balaban J connectivity index is 2.23. The third-order valence-electron chi connectivity index (χ3n) is 3.92. The lowest BCUT2D eigenvalue weighted by atomic mass is 10.1. The summed E-state index contributed by atoms with van der Waals surface area (Å²) in [6, 6.07) is 5.57. The monoisotopic (exact) mass is 351 g/mol. The third-order valence-corrected chi connectivity index (χ3v) is 3.92. The number of carbonyl (C=O) groups is 1. The van der Waals surface area contributed by atoms with Crippen molar-refractivity contribution in [2.45, 2.75) is 19.5 Å². The molecule has 0 N–H and O–H groups in total. The normalized spacial score (nSPS) is 12.0. The van der Waals surface area contributed by atoms with E-state index in [0.29, 0.717) is 5.56 Å². The molecular formula is C17H19F2N3O3. The topological polar surface area (TPSA) is 64.4 Å². The van der Waals surface area contributed by atoms with Crippen molar-refractivity contribution in [1.82, 2.24) is 14.7 Å². The molecule has 0 radical (unpaired) electrons. The molecule has 0 saturated heterocycles. The van der Waals surface area contributed by atoms with Crippen LogP contribution < -0.4 is 5.56 Å². The summed E-state index contributed by atoms with van der Waals surface area (Å²) < 4.78 is 32.5. The van der Waals surface area contributed by atoms with Crippen LogP contribution in [0.4, 0.5) is 8.78 Å². The number of hydrogen-bond donors (Lipinski definition) is 0. The van der Waals surface area contributed by atoms with Gasteiger partial charge in [0.1, 0.15) is 5.69 Å². The summed E-state index contributed by atoms with van der Waals surface area (Å²) in [5.74, 6) is -2.36. The number of carbonyl (C=O) groups excluding carboxylic acids is 1. The van der Waals surface area contributed by atoms with Gasteiger partial charge in [-0.25, -0.2) is 13.5 Å². The number of aromatic nitrogens is 2. The van der Waals surface area contributed by atoms with Crippen LogP contribution in [0, 0.1) is 11.6 Å². The van der Waals surface area contributed by atoms with Crippen LogP contribution in [0.1, 0.15) is 29.0 Å². The van der Waals surface area contributed by atoms with Gasteiger partial charge in [-0.2, -0.15) is 5.10 Å². The molecule has 0 fully saturated rings. The molecule has 1 unspecified atom stereocenters. The van der Waals surface area contributed by atoms with Gasteiger partial charge in [-0.15, -0.1) is 0 Å². The standard InChI is InChI=1S/C17H19F2N3O3/c1-11(12-4-5-13(18)14(19)10-12)21(2)17(24)15-6-7-16(23)22(20-15)8-9-25-3/h4-7,10-11H,8-9H2,1-3H3. The number of ether oxygens (including phenoxy) is 1. The van der Waals surface area contributed by atoms with Gasteiger partial charge in [0.05, 0.1) is 19.2 Å². The maximum atomic E-state index is 13.4. The first-order chi connectivity index (χ1) is 11.8. The summed E-state index contributed by atoms with van der Waals surface area (Å²) in [7, 11) is 3.03. The smallest absolute Gasteiger partial charge is 0.274 e. The van der Waals surface area contributed by atoms with Crippen molar-refractivity contribution in [2.24, 2.45) is 0 Å². The Morgan fingerprint density at radius 2 is 2.00 bits per heavy atom. The molecule has 6 nitrogen and oxygen atoms in total. The first-order valence-electron chi connectivity index (χ1n) is 7.64. The minimum atomic E-state index is -0.976. The van der Waals surface area contributed by atoms with Crippen molar-refractivity contribution >= 4 is 5.91 Å². The lowest BCUT2D eigenvalue weighted by Gasteiger charge is -2.25. The van der Waals surface area contributed by atoms with E-state index in [1.165, 1.54) is 37.3 Å². The number of hydrogen-bond acceptors (Lipinski definition) is 4. The largest absolute Gasteiger partial charge is 0.383 e. The summed E-state index contributed by atoms with van der Waals surface area (Å²) in [5.41, 5.74) is 0.181. The van der Waals surface area contributed by atoms with Gasteiger partial charge in [0, 0.05) is 20.2 Å². The van der Waals surface area contributed by atoms with Gasteiger partial charge in [-0.1, -0.05) is 6.07 Å². The predicted molar refractivity (Wildman–Crippen MR) is 87.2 cm³/mol. The molecule has 0 spiro atoms. The fourth-order valence-corrected chi connectivity index (χ4v) is 2.25. The summed E-state index contributed by atoms with van der Waals surface area (Å²) in [4.78, 5) is 25.7. The van der Waals surface area contributed by atoms with E-state index in [4.69, 9.17) is 4.74 Å². The van der Waals surface area contributed by atoms with Gasteiger partial charge in [0.25, 0.3) is 11.5 Å². The second-order valence-electron chi connectivity index (χ2n) is 5.54. The molecule has 25 heavy (non-hydrogen) atoms. The summed E-state index contributed by atoms with van der Waals surface area (Å²) in [6.45, 7) is 2.19. The number of benzene rings is 1. The first-order valence-corrected chi connectivity index (χ1v) is 7.64. The average molecular weight is 351 g/mol. The minimum Gasteiger partial charge on any atom is -0.383 e. The quantitative estimate of drug-likeness (QED) is 0.799. The summed E-state index contributed by atoms with van der Waals surface area (Å²) in [5, 5.41) is 4.04. The van der Waals surface area contributed by atoms with Crippen molar-refractivity contribution in [3.8, 4) is 0 Å². The Hall–Kier alpha value is -2.61. The molecular weight excluding hydrogens is 332 g/mol. The maximum absolute atomic E-state index is 13.4. The molecule has 2 aromatic rings. The Morgan fingerprint density at radius 1 is 1.28 bits per heavy atom. The van der Waals surface area contributed by atoms with Gasteiger partial charge in [-0.3, -0.25) is 9.59 Å². The minimum absolute atomic E-state index is 0.0765. The molecule has 1 amide bonds. The molecule has 2 rings (SSSR count). The van der Waals surface area contributed by atoms with Crippen molar-refractivity contribution in [3.63, 3.8) is 0 Å². The fourth-order valence-electron chi connectivity index (χ4n) is 2.25. The highest BCUT2D eigenvalue weighted by molar-refractivity contribution is 5.92. The Morgan fingerprint density at radius 3 is 2.64 bits per heavy atom. The average Bonchev–Trinajstić information content (AvgIpc) is 2.61. The van der Waals surface area contributed by atoms with Gasteiger partial charge in [0.15, 0.2) is 11.6 Å². The lowest BCUT2D eigenvalue weighted by Crippen LogP contribution is -2.33. The zero-order valence-electron chi connectivity index (χ0n) is 14.2.